The van der Waals surface area contributed by atoms with E-state index in [1.807, 2.05) is 27.7 Å². The maximum Gasteiger partial charge on any atom is 0.306 e. The molecule has 0 atom stereocenters. The lowest BCUT2D eigenvalue weighted by Gasteiger charge is -2.53. The predicted octanol–water partition coefficient (Wildman–Crippen LogP) is 7.17. The highest BCUT2D eigenvalue weighted by Gasteiger charge is 2.47. The van der Waals surface area contributed by atoms with E-state index >= 15 is 0 Å². The van der Waals surface area contributed by atoms with Gasteiger partial charge in [0.05, 0.1) is 12.9 Å². The van der Waals surface area contributed by atoms with Crippen molar-refractivity contribution in [3.63, 3.8) is 0 Å². The summed E-state index contributed by atoms with van der Waals surface area (Å²) in [5, 5.41) is 13.9. The van der Waals surface area contributed by atoms with E-state index in [1.54, 1.807) is 7.11 Å². The third-order valence-electron chi connectivity index (χ3n) is 8.06. The van der Waals surface area contributed by atoms with Crippen molar-refractivity contribution in [3.05, 3.63) is 12.3 Å². The van der Waals surface area contributed by atoms with Crippen LogP contribution in [0.4, 0.5) is 0 Å². The van der Waals surface area contributed by atoms with Crippen molar-refractivity contribution in [2.24, 2.45) is 0 Å². The van der Waals surface area contributed by atoms with Crippen molar-refractivity contribution < 1.29 is 24.3 Å². The number of esters is 1. The average Bonchev–Trinajstić information content (AvgIpc) is 2.71. The van der Waals surface area contributed by atoms with Gasteiger partial charge in [-0.15, -0.1) is 0 Å². The van der Waals surface area contributed by atoms with Gasteiger partial charge in [-0.1, -0.05) is 32.3 Å². The summed E-state index contributed by atoms with van der Waals surface area (Å²) in [6.07, 6.45) is 11.0. The van der Waals surface area contributed by atoms with Crippen molar-refractivity contribution in [1.29, 1.82) is 0 Å². The molecule has 1 N–H and O–H groups in total. The summed E-state index contributed by atoms with van der Waals surface area (Å²) in [4.78, 5) is 18.1. The molecular formula is C30H56N2O5. The molecule has 0 aromatic rings. The molecule has 2 rings (SSSR count). The number of hydrogen-bond acceptors (Lipinski definition) is 7. The number of hydroxylamine groups is 4. The van der Waals surface area contributed by atoms with E-state index in [-0.39, 0.29) is 29.3 Å². The van der Waals surface area contributed by atoms with Crippen LogP contribution < -0.4 is 0 Å². The molecule has 0 amide bonds. The summed E-state index contributed by atoms with van der Waals surface area (Å²) >= 11 is 0. The van der Waals surface area contributed by atoms with E-state index in [0.29, 0.717) is 19.3 Å². The molecule has 0 aromatic carbocycles. The maximum absolute atomic E-state index is 12.4. The van der Waals surface area contributed by atoms with Gasteiger partial charge in [-0.2, -0.15) is 10.1 Å². The van der Waals surface area contributed by atoms with Crippen LogP contribution in [0.2, 0.25) is 0 Å². The van der Waals surface area contributed by atoms with Crippen molar-refractivity contribution >= 4 is 5.97 Å². The maximum atomic E-state index is 12.4. The van der Waals surface area contributed by atoms with Crippen LogP contribution >= 0.6 is 0 Å². The number of nitrogens with zero attached hydrogens (tertiary/aromatic N) is 2. The molecule has 0 aromatic heterocycles. The minimum absolute atomic E-state index is 0.0852. The van der Waals surface area contributed by atoms with Crippen LogP contribution in [0.25, 0.3) is 0 Å². The van der Waals surface area contributed by atoms with Crippen LogP contribution in [0, 0.1) is 0 Å². The van der Waals surface area contributed by atoms with Crippen molar-refractivity contribution in [2.45, 2.75) is 167 Å². The number of ether oxygens (including phenoxy) is 2. The van der Waals surface area contributed by atoms with Gasteiger partial charge in [0.1, 0.15) is 12.2 Å². The second-order valence-corrected chi connectivity index (χ2v) is 13.9. The molecule has 7 nitrogen and oxygen atoms in total. The minimum atomic E-state index is -0.405. The molecule has 2 saturated heterocycles. The monoisotopic (exact) mass is 524 g/mol. The van der Waals surface area contributed by atoms with Gasteiger partial charge >= 0.3 is 5.97 Å². The molecule has 0 radical (unpaired) electrons. The first-order valence-corrected chi connectivity index (χ1v) is 14.4. The number of rotatable bonds is 13. The second-order valence-electron chi connectivity index (χ2n) is 13.9. The van der Waals surface area contributed by atoms with Gasteiger partial charge in [-0.05, 0) is 68.2 Å². The van der Waals surface area contributed by atoms with E-state index in [0.717, 1.165) is 63.5 Å². The molecule has 2 heterocycles. The van der Waals surface area contributed by atoms with Crippen LogP contribution in [0.15, 0.2) is 12.3 Å². The highest BCUT2D eigenvalue weighted by molar-refractivity contribution is 5.69. The summed E-state index contributed by atoms with van der Waals surface area (Å²) in [5.74, 6) is 0.780. The van der Waals surface area contributed by atoms with E-state index in [9.17, 15) is 10.0 Å². The Morgan fingerprint density at radius 3 is 1.62 bits per heavy atom. The molecule has 37 heavy (non-hydrogen) atoms. The number of hydrogen-bond donors (Lipinski definition) is 1. The van der Waals surface area contributed by atoms with Gasteiger partial charge in [0.25, 0.3) is 0 Å². The largest absolute Gasteiger partial charge is 0.495 e. The topological polar surface area (TPSA) is 71.5 Å². The Morgan fingerprint density at radius 1 is 0.730 bits per heavy atom. The molecule has 0 aliphatic carbocycles. The van der Waals surface area contributed by atoms with Gasteiger partial charge in [-0.3, -0.25) is 4.79 Å². The average molecular weight is 525 g/mol. The Labute approximate surface area is 226 Å². The molecule has 2 fully saturated rings. The summed E-state index contributed by atoms with van der Waals surface area (Å²) < 4.78 is 12.0. The lowest BCUT2D eigenvalue weighted by atomic mass is 9.80. The highest BCUT2D eigenvalue weighted by Crippen LogP contribution is 2.40. The molecule has 0 bridgehead atoms. The number of carbonyl (C=O) groups is 1. The Hall–Kier alpha value is -1.15. The van der Waals surface area contributed by atoms with E-state index in [1.165, 1.54) is 5.06 Å². The SMILES string of the molecule is C=C(CCCCCCCCC(=O)OC1CC(C)(C)N(O)C(C)(C)C1)OC1CC(C)(C)N(OC)C(C)(C)C1. The molecule has 7 heteroatoms. The third-order valence-corrected chi connectivity index (χ3v) is 8.06. The van der Waals surface area contributed by atoms with Gasteiger partial charge in [0.15, 0.2) is 0 Å². The van der Waals surface area contributed by atoms with Crippen molar-refractivity contribution in [1.82, 2.24) is 10.1 Å². The zero-order valence-electron chi connectivity index (χ0n) is 25.3. The molecule has 216 valence electrons. The van der Waals surface area contributed by atoms with Crippen LogP contribution in [0.5, 0.6) is 0 Å². The van der Waals surface area contributed by atoms with Crippen LogP contribution in [0.1, 0.15) is 132 Å². The van der Waals surface area contributed by atoms with Gasteiger partial charge < -0.3 is 19.5 Å². The van der Waals surface area contributed by atoms with Crippen LogP contribution in [0.3, 0.4) is 0 Å². The minimum Gasteiger partial charge on any atom is -0.495 e. The lowest BCUT2D eigenvalue weighted by molar-refractivity contribution is -0.277. The number of carbonyl (C=O) groups excluding carboxylic acids is 1. The summed E-state index contributed by atoms with van der Waals surface area (Å²) in [5.41, 5.74) is -0.980. The van der Waals surface area contributed by atoms with Crippen LogP contribution in [-0.2, 0) is 19.1 Å². The lowest BCUT2D eigenvalue weighted by Crippen LogP contribution is -2.61. The molecular weight excluding hydrogens is 468 g/mol. The summed E-state index contributed by atoms with van der Waals surface area (Å²) in [6.45, 7) is 21.0. The van der Waals surface area contributed by atoms with Gasteiger partial charge in [-0.25, -0.2) is 0 Å². The van der Waals surface area contributed by atoms with E-state index < -0.39 is 11.1 Å². The normalized spacial score (nSPS) is 24.1. The quantitative estimate of drug-likeness (QED) is 0.155. The summed E-state index contributed by atoms with van der Waals surface area (Å²) in [6, 6.07) is 0. The molecule has 2 aliphatic heterocycles. The number of piperidine rings is 2. The standard InChI is InChI=1S/C30H56N2O5/c1-23(36-24-21-29(6,7)32(35-10)30(8,9)22-24)17-15-13-11-12-14-16-18-26(33)37-25-19-27(2,3)31(34)28(4,5)20-25/h24-25,34H,1,11-22H2,2-10H3. The molecule has 2 aliphatic rings. The number of allylic oxidation sites excluding steroid dienone is 1. The van der Waals surface area contributed by atoms with Crippen molar-refractivity contribution in [2.75, 3.05) is 7.11 Å². The van der Waals surface area contributed by atoms with E-state index in [2.05, 4.69) is 39.3 Å². The smallest absolute Gasteiger partial charge is 0.306 e. The van der Waals surface area contributed by atoms with Crippen LogP contribution in [-0.4, -0.2) is 62.8 Å². The zero-order chi connectivity index (χ0) is 28.1. The van der Waals surface area contributed by atoms with E-state index in [4.69, 9.17) is 14.3 Å². The summed E-state index contributed by atoms with van der Waals surface area (Å²) in [7, 11) is 1.75. The first-order chi connectivity index (χ1) is 17.0. The van der Waals surface area contributed by atoms with Gasteiger partial charge in [0.2, 0.25) is 0 Å². The molecule has 0 unspecified atom stereocenters. The fourth-order valence-electron chi connectivity index (χ4n) is 6.85. The first kappa shape index (κ1) is 32.1. The van der Waals surface area contributed by atoms with Crippen molar-refractivity contribution in [3.8, 4) is 0 Å². The van der Waals surface area contributed by atoms with Gasteiger partial charge in [0, 0.05) is 60.7 Å². The Bertz CT molecular complexity index is 725. The zero-order valence-corrected chi connectivity index (χ0v) is 25.3. The Morgan fingerprint density at radius 2 is 1.14 bits per heavy atom. The highest BCUT2D eigenvalue weighted by atomic mass is 16.7. The number of unbranched alkanes of at least 4 members (excludes halogenated alkanes) is 5. The Kier molecular flexibility index (Phi) is 11.1. The second kappa shape index (κ2) is 12.8. The molecule has 0 saturated carbocycles. The fraction of sp³-hybridized carbons (Fsp3) is 0.900. The molecule has 0 spiro atoms. The third kappa shape index (κ3) is 9.22. The fourth-order valence-corrected chi connectivity index (χ4v) is 6.85. The first-order valence-electron chi connectivity index (χ1n) is 14.4. The predicted molar refractivity (Wildman–Crippen MR) is 148 cm³/mol. The Balaban J connectivity index is 1.56.